The first-order valence-electron chi connectivity index (χ1n) is 7.78. The molecular formula is C17H28N2O2. The molecule has 1 aliphatic heterocycles. The second kappa shape index (κ2) is 7.66. The summed E-state index contributed by atoms with van der Waals surface area (Å²) in [6, 6.07) is 7.77. The number of rotatable bonds is 7. The van der Waals surface area contributed by atoms with E-state index in [1.807, 2.05) is 24.3 Å². The van der Waals surface area contributed by atoms with Gasteiger partial charge in [-0.25, -0.2) is 0 Å². The molecule has 0 amide bonds. The molecule has 2 rings (SSSR count). The molecular weight excluding hydrogens is 264 g/mol. The Hall–Kier alpha value is -1.26. The second-order valence-corrected chi connectivity index (χ2v) is 6.29. The van der Waals surface area contributed by atoms with Crippen molar-refractivity contribution in [1.82, 2.24) is 10.2 Å². The maximum Gasteiger partial charge on any atom is 0.161 e. The van der Waals surface area contributed by atoms with E-state index in [4.69, 9.17) is 9.47 Å². The SMILES string of the molecule is COc1ccccc1OCCNCC1(C)CCN(C)CC1. The quantitative estimate of drug-likeness (QED) is 0.783. The average molecular weight is 292 g/mol. The van der Waals surface area contributed by atoms with E-state index in [9.17, 15) is 0 Å². The van der Waals surface area contributed by atoms with Gasteiger partial charge in [0.05, 0.1) is 7.11 Å². The number of methoxy groups -OCH3 is 1. The molecule has 1 heterocycles. The van der Waals surface area contributed by atoms with Crippen LogP contribution in [0, 0.1) is 5.41 Å². The first-order valence-corrected chi connectivity index (χ1v) is 7.78. The van der Waals surface area contributed by atoms with Crippen molar-refractivity contribution in [3.63, 3.8) is 0 Å². The van der Waals surface area contributed by atoms with Crippen molar-refractivity contribution >= 4 is 0 Å². The Kier molecular flexibility index (Phi) is 5.88. The predicted octanol–water partition coefficient (Wildman–Crippen LogP) is 2.40. The molecule has 1 aromatic rings. The fourth-order valence-electron chi connectivity index (χ4n) is 2.70. The number of likely N-dealkylation sites (tertiary alicyclic amines) is 1. The fourth-order valence-corrected chi connectivity index (χ4v) is 2.70. The third kappa shape index (κ3) is 4.90. The second-order valence-electron chi connectivity index (χ2n) is 6.29. The molecule has 0 atom stereocenters. The zero-order valence-corrected chi connectivity index (χ0v) is 13.5. The standard InChI is InChI=1S/C17H28N2O2/c1-17(8-11-19(2)12-9-17)14-18-10-13-21-16-7-5-4-6-15(16)20-3/h4-7,18H,8-14H2,1-3H3. The molecule has 0 aliphatic carbocycles. The van der Waals surface area contributed by atoms with Crippen molar-refractivity contribution in [3.8, 4) is 11.5 Å². The highest BCUT2D eigenvalue weighted by atomic mass is 16.5. The van der Waals surface area contributed by atoms with Gasteiger partial charge in [0.15, 0.2) is 11.5 Å². The maximum absolute atomic E-state index is 5.77. The van der Waals surface area contributed by atoms with Gasteiger partial charge in [-0.3, -0.25) is 0 Å². The number of para-hydroxylation sites is 2. The number of hydrogen-bond acceptors (Lipinski definition) is 4. The smallest absolute Gasteiger partial charge is 0.161 e. The zero-order valence-electron chi connectivity index (χ0n) is 13.5. The van der Waals surface area contributed by atoms with Gasteiger partial charge in [-0.1, -0.05) is 19.1 Å². The van der Waals surface area contributed by atoms with E-state index in [0.29, 0.717) is 12.0 Å². The van der Waals surface area contributed by atoms with Gasteiger partial charge in [-0.05, 0) is 50.5 Å². The molecule has 0 unspecified atom stereocenters. The molecule has 1 N–H and O–H groups in total. The molecule has 1 saturated heterocycles. The minimum atomic E-state index is 0.428. The topological polar surface area (TPSA) is 33.7 Å². The fraction of sp³-hybridized carbons (Fsp3) is 0.647. The van der Waals surface area contributed by atoms with Gasteiger partial charge in [0.2, 0.25) is 0 Å². The molecule has 0 saturated carbocycles. The van der Waals surface area contributed by atoms with Crippen LogP contribution in [-0.4, -0.2) is 51.8 Å². The molecule has 4 nitrogen and oxygen atoms in total. The van der Waals surface area contributed by atoms with Crippen LogP contribution < -0.4 is 14.8 Å². The molecule has 0 bridgehead atoms. The molecule has 0 aromatic heterocycles. The van der Waals surface area contributed by atoms with Gasteiger partial charge in [0.1, 0.15) is 6.61 Å². The van der Waals surface area contributed by atoms with E-state index in [0.717, 1.165) is 24.6 Å². The van der Waals surface area contributed by atoms with Gasteiger partial charge in [-0.15, -0.1) is 0 Å². The van der Waals surface area contributed by atoms with E-state index < -0.39 is 0 Å². The van der Waals surface area contributed by atoms with Crippen LogP contribution >= 0.6 is 0 Å². The molecule has 1 fully saturated rings. The van der Waals surface area contributed by atoms with Crippen molar-refractivity contribution in [2.75, 3.05) is 46.9 Å². The minimum absolute atomic E-state index is 0.428. The Balaban J connectivity index is 1.66. The van der Waals surface area contributed by atoms with Gasteiger partial charge in [-0.2, -0.15) is 0 Å². The first-order chi connectivity index (χ1) is 10.1. The molecule has 21 heavy (non-hydrogen) atoms. The highest BCUT2D eigenvalue weighted by Crippen LogP contribution is 2.29. The van der Waals surface area contributed by atoms with Crippen LogP contribution in [0.2, 0.25) is 0 Å². The summed E-state index contributed by atoms with van der Waals surface area (Å²) in [7, 11) is 3.87. The average Bonchev–Trinajstić information content (AvgIpc) is 2.51. The third-order valence-corrected chi connectivity index (χ3v) is 4.35. The summed E-state index contributed by atoms with van der Waals surface area (Å²) in [5.74, 6) is 1.60. The van der Waals surface area contributed by atoms with Gasteiger partial charge < -0.3 is 19.7 Å². The van der Waals surface area contributed by atoms with Crippen LogP contribution in [0.3, 0.4) is 0 Å². The lowest BCUT2D eigenvalue weighted by molar-refractivity contribution is 0.135. The summed E-state index contributed by atoms with van der Waals surface area (Å²) in [6.07, 6.45) is 2.54. The van der Waals surface area contributed by atoms with Crippen LogP contribution in [0.1, 0.15) is 19.8 Å². The molecule has 1 aliphatic rings. The van der Waals surface area contributed by atoms with Crippen molar-refractivity contribution < 1.29 is 9.47 Å². The summed E-state index contributed by atoms with van der Waals surface area (Å²) in [6.45, 7) is 7.38. The van der Waals surface area contributed by atoms with Crippen LogP contribution in [0.15, 0.2) is 24.3 Å². The first kappa shape index (κ1) is 16.1. The Morgan fingerprint density at radius 3 is 2.52 bits per heavy atom. The maximum atomic E-state index is 5.77. The predicted molar refractivity (Wildman–Crippen MR) is 86.2 cm³/mol. The highest BCUT2D eigenvalue weighted by molar-refractivity contribution is 5.39. The Morgan fingerprint density at radius 2 is 1.86 bits per heavy atom. The largest absolute Gasteiger partial charge is 0.493 e. The van der Waals surface area contributed by atoms with Crippen molar-refractivity contribution in [1.29, 1.82) is 0 Å². The van der Waals surface area contributed by atoms with E-state index in [2.05, 4.69) is 24.2 Å². The lowest BCUT2D eigenvalue weighted by atomic mass is 9.80. The zero-order chi connectivity index (χ0) is 15.1. The number of piperidine rings is 1. The van der Waals surface area contributed by atoms with Crippen LogP contribution in [-0.2, 0) is 0 Å². The number of nitrogens with one attached hydrogen (secondary N) is 1. The van der Waals surface area contributed by atoms with E-state index in [1.165, 1.54) is 25.9 Å². The monoisotopic (exact) mass is 292 g/mol. The lowest BCUT2D eigenvalue weighted by Crippen LogP contribution is -2.42. The van der Waals surface area contributed by atoms with E-state index >= 15 is 0 Å². The number of nitrogens with zero attached hydrogens (tertiary/aromatic N) is 1. The molecule has 1 aromatic carbocycles. The summed E-state index contributed by atoms with van der Waals surface area (Å²) < 4.78 is 11.0. The minimum Gasteiger partial charge on any atom is -0.493 e. The summed E-state index contributed by atoms with van der Waals surface area (Å²) in [4.78, 5) is 2.41. The van der Waals surface area contributed by atoms with E-state index in [1.54, 1.807) is 7.11 Å². The molecule has 0 radical (unpaired) electrons. The third-order valence-electron chi connectivity index (χ3n) is 4.35. The van der Waals surface area contributed by atoms with Crippen LogP contribution in [0.4, 0.5) is 0 Å². The van der Waals surface area contributed by atoms with Crippen molar-refractivity contribution in [2.45, 2.75) is 19.8 Å². The van der Waals surface area contributed by atoms with Crippen molar-refractivity contribution in [2.24, 2.45) is 5.41 Å². The van der Waals surface area contributed by atoms with Crippen LogP contribution in [0.5, 0.6) is 11.5 Å². The molecule has 4 heteroatoms. The van der Waals surface area contributed by atoms with Gasteiger partial charge in [0, 0.05) is 13.1 Å². The lowest BCUT2D eigenvalue weighted by Gasteiger charge is -2.38. The normalized spacial score (nSPS) is 18.4. The Labute approximate surface area is 128 Å². The van der Waals surface area contributed by atoms with Crippen molar-refractivity contribution in [3.05, 3.63) is 24.3 Å². The number of ether oxygens (including phenoxy) is 2. The van der Waals surface area contributed by atoms with Gasteiger partial charge in [0.25, 0.3) is 0 Å². The summed E-state index contributed by atoms with van der Waals surface area (Å²) >= 11 is 0. The Morgan fingerprint density at radius 1 is 1.19 bits per heavy atom. The van der Waals surface area contributed by atoms with E-state index in [-0.39, 0.29) is 0 Å². The number of hydrogen-bond donors (Lipinski definition) is 1. The van der Waals surface area contributed by atoms with Gasteiger partial charge >= 0.3 is 0 Å². The molecule has 0 spiro atoms. The summed E-state index contributed by atoms with van der Waals surface area (Å²) in [5.41, 5.74) is 0.428. The Bertz CT molecular complexity index is 429. The number of benzene rings is 1. The van der Waals surface area contributed by atoms with Crippen LogP contribution in [0.25, 0.3) is 0 Å². The summed E-state index contributed by atoms with van der Waals surface area (Å²) in [5, 5.41) is 3.53. The molecule has 118 valence electrons. The highest BCUT2D eigenvalue weighted by Gasteiger charge is 2.28.